The van der Waals surface area contributed by atoms with Crippen molar-refractivity contribution in [1.82, 2.24) is 0 Å². The van der Waals surface area contributed by atoms with Crippen molar-refractivity contribution in [2.45, 2.75) is 97.5 Å². The van der Waals surface area contributed by atoms with Gasteiger partial charge in [0.15, 0.2) is 0 Å². The first-order valence-corrected chi connectivity index (χ1v) is 10.6. The number of unbranched alkanes of at least 4 members (excludes halogenated alkanes) is 8. The summed E-state index contributed by atoms with van der Waals surface area (Å²) in [6, 6.07) is 7.84. The van der Waals surface area contributed by atoms with Gasteiger partial charge in [-0.05, 0) is 36.5 Å². The molecule has 0 heterocycles. The molecule has 0 aliphatic heterocycles. The number of ether oxygens (including phenoxy) is 1. The van der Waals surface area contributed by atoms with E-state index in [1.165, 1.54) is 77.0 Å². The quantitative estimate of drug-likeness (QED) is 0.329. The van der Waals surface area contributed by atoms with E-state index in [9.17, 15) is 0 Å². The van der Waals surface area contributed by atoms with Crippen LogP contribution < -0.4 is 4.74 Å². The zero-order valence-corrected chi connectivity index (χ0v) is 16.6. The molecule has 2 heteroatoms. The Bertz CT molecular complexity index is 399. The summed E-state index contributed by atoms with van der Waals surface area (Å²) in [5.41, 5.74) is 0.940. The fraction of sp³-hybridized carbons (Fsp3) is 0.739. The molecule has 0 saturated carbocycles. The molecule has 25 heavy (non-hydrogen) atoms. The van der Waals surface area contributed by atoms with Gasteiger partial charge >= 0.3 is 0 Å². The van der Waals surface area contributed by atoms with E-state index >= 15 is 0 Å². The van der Waals surface area contributed by atoms with E-state index in [0.29, 0.717) is 5.92 Å². The molecule has 2 nitrogen and oxygen atoms in total. The number of hydrogen-bond donors (Lipinski definition) is 1. The van der Waals surface area contributed by atoms with E-state index in [0.717, 1.165) is 17.9 Å². The zero-order chi connectivity index (χ0) is 18.2. The van der Waals surface area contributed by atoms with Crippen molar-refractivity contribution in [3.05, 3.63) is 29.8 Å². The molecule has 0 aliphatic carbocycles. The second kappa shape index (κ2) is 15.3. The summed E-state index contributed by atoms with van der Waals surface area (Å²) in [4.78, 5) is 0. The first kappa shape index (κ1) is 22.0. The van der Waals surface area contributed by atoms with Gasteiger partial charge in [0.05, 0.1) is 13.2 Å². The monoisotopic (exact) mass is 348 g/mol. The molecular weight excluding hydrogens is 308 g/mol. The van der Waals surface area contributed by atoms with Crippen molar-refractivity contribution in [3.8, 4) is 5.75 Å². The predicted molar refractivity (Wildman–Crippen MR) is 108 cm³/mol. The lowest BCUT2D eigenvalue weighted by atomic mass is 9.95. The minimum Gasteiger partial charge on any atom is -0.493 e. The molecule has 0 saturated heterocycles. The van der Waals surface area contributed by atoms with E-state index in [4.69, 9.17) is 9.84 Å². The molecule has 144 valence electrons. The van der Waals surface area contributed by atoms with Crippen LogP contribution in [0.3, 0.4) is 0 Å². The van der Waals surface area contributed by atoms with E-state index in [-0.39, 0.29) is 6.61 Å². The van der Waals surface area contributed by atoms with Gasteiger partial charge in [0.2, 0.25) is 0 Å². The van der Waals surface area contributed by atoms with Gasteiger partial charge in [-0.15, -0.1) is 0 Å². The minimum absolute atomic E-state index is 0.0956. The Labute approximate surface area is 156 Å². The third-order valence-corrected chi connectivity index (χ3v) is 5.02. The Balaban J connectivity index is 2.32. The van der Waals surface area contributed by atoms with Crippen LogP contribution in [0.2, 0.25) is 0 Å². The first-order chi connectivity index (χ1) is 12.3. The first-order valence-electron chi connectivity index (χ1n) is 10.6. The number of aliphatic hydroxyl groups excluding tert-OH is 1. The molecule has 1 aromatic carbocycles. The van der Waals surface area contributed by atoms with Crippen LogP contribution in [0.25, 0.3) is 0 Å². The molecule has 1 N–H and O–H groups in total. The fourth-order valence-corrected chi connectivity index (χ4v) is 3.29. The summed E-state index contributed by atoms with van der Waals surface area (Å²) in [7, 11) is 0. The molecule has 0 aliphatic rings. The number of aliphatic hydroxyl groups is 1. The Morgan fingerprint density at radius 2 is 1.28 bits per heavy atom. The lowest BCUT2D eigenvalue weighted by molar-refractivity contribution is 0.224. The maximum absolute atomic E-state index is 9.12. The second-order valence-corrected chi connectivity index (χ2v) is 7.38. The van der Waals surface area contributed by atoms with Gasteiger partial charge in [0, 0.05) is 0 Å². The molecule has 0 aromatic heterocycles. The Hall–Kier alpha value is -1.02. The summed E-state index contributed by atoms with van der Waals surface area (Å²) in [6.45, 7) is 5.47. The van der Waals surface area contributed by atoms with Crippen LogP contribution in [0.5, 0.6) is 5.75 Å². The van der Waals surface area contributed by atoms with Crippen LogP contribution in [-0.4, -0.2) is 11.7 Å². The Morgan fingerprint density at radius 3 is 1.84 bits per heavy atom. The van der Waals surface area contributed by atoms with Gasteiger partial charge in [-0.3, -0.25) is 0 Å². The highest BCUT2D eigenvalue weighted by Crippen LogP contribution is 2.21. The van der Waals surface area contributed by atoms with Crippen LogP contribution in [-0.2, 0) is 6.61 Å². The summed E-state index contributed by atoms with van der Waals surface area (Å²) in [5.74, 6) is 1.61. The number of rotatable bonds is 16. The topological polar surface area (TPSA) is 29.5 Å². The molecule has 0 bridgehead atoms. The predicted octanol–water partition coefficient (Wildman–Crippen LogP) is 6.89. The third-order valence-electron chi connectivity index (χ3n) is 5.02. The number of hydrogen-bond acceptors (Lipinski definition) is 2. The van der Waals surface area contributed by atoms with Crippen LogP contribution in [0.15, 0.2) is 24.3 Å². The lowest BCUT2D eigenvalue weighted by Crippen LogP contribution is -2.12. The summed E-state index contributed by atoms with van der Waals surface area (Å²) in [6.07, 6.45) is 16.1. The normalized spacial score (nSPS) is 12.3. The highest BCUT2D eigenvalue weighted by atomic mass is 16.5. The Morgan fingerprint density at radius 1 is 0.760 bits per heavy atom. The van der Waals surface area contributed by atoms with Gasteiger partial charge < -0.3 is 9.84 Å². The van der Waals surface area contributed by atoms with Gasteiger partial charge in [0.25, 0.3) is 0 Å². The van der Waals surface area contributed by atoms with Gasteiger partial charge in [-0.25, -0.2) is 0 Å². The van der Waals surface area contributed by atoms with E-state index in [2.05, 4.69) is 13.8 Å². The average molecular weight is 349 g/mol. The van der Waals surface area contributed by atoms with Crippen molar-refractivity contribution in [2.75, 3.05) is 6.61 Å². The molecule has 0 amide bonds. The lowest BCUT2D eigenvalue weighted by Gasteiger charge is -2.18. The molecule has 1 unspecified atom stereocenters. The van der Waals surface area contributed by atoms with Crippen molar-refractivity contribution in [3.63, 3.8) is 0 Å². The Kier molecular flexibility index (Phi) is 13.4. The molecule has 1 rings (SSSR count). The highest BCUT2D eigenvalue weighted by Gasteiger charge is 2.10. The maximum Gasteiger partial charge on any atom is 0.119 e. The molecule has 0 fully saturated rings. The van der Waals surface area contributed by atoms with Crippen molar-refractivity contribution < 1.29 is 9.84 Å². The number of benzene rings is 1. The van der Waals surface area contributed by atoms with Crippen LogP contribution in [0, 0.1) is 5.92 Å². The summed E-state index contributed by atoms with van der Waals surface area (Å²) < 4.78 is 6.04. The fourth-order valence-electron chi connectivity index (χ4n) is 3.29. The smallest absolute Gasteiger partial charge is 0.119 e. The van der Waals surface area contributed by atoms with Crippen LogP contribution >= 0.6 is 0 Å². The minimum atomic E-state index is 0.0956. The molecule has 1 atom stereocenters. The van der Waals surface area contributed by atoms with Crippen LogP contribution in [0.4, 0.5) is 0 Å². The molecule has 0 radical (unpaired) electrons. The highest BCUT2D eigenvalue weighted by molar-refractivity contribution is 5.26. The standard InChI is InChI=1S/C23H40O2/c1-3-5-7-9-10-12-14-22(13-11-8-6-4-2)20-25-23-17-15-21(19-24)16-18-23/h15-18,22,24H,3-14,19-20H2,1-2H3. The van der Waals surface area contributed by atoms with E-state index in [1.807, 2.05) is 24.3 Å². The maximum atomic E-state index is 9.12. The SMILES string of the molecule is CCCCCCCCC(CCCCCC)COc1ccc(CO)cc1. The van der Waals surface area contributed by atoms with Crippen molar-refractivity contribution >= 4 is 0 Å². The van der Waals surface area contributed by atoms with Gasteiger partial charge in [-0.1, -0.05) is 90.2 Å². The van der Waals surface area contributed by atoms with Crippen molar-refractivity contribution in [2.24, 2.45) is 5.92 Å². The van der Waals surface area contributed by atoms with Gasteiger partial charge in [0.1, 0.15) is 5.75 Å². The summed E-state index contributed by atoms with van der Waals surface area (Å²) >= 11 is 0. The molecular formula is C23H40O2. The van der Waals surface area contributed by atoms with Crippen molar-refractivity contribution in [1.29, 1.82) is 0 Å². The summed E-state index contributed by atoms with van der Waals surface area (Å²) in [5, 5.41) is 9.12. The second-order valence-electron chi connectivity index (χ2n) is 7.38. The van der Waals surface area contributed by atoms with E-state index < -0.39 is 0 Å². The average Bonchev–Trinajstić information content (AvgIpc) is 2.65. The van der Waals surface area contributed by atoms with Gasteiger partial charge in [-0.2, -0.15) is 0 Å². The largest absolute Gasteiger partial charge is 0.493 e. The van der Waals surface area contributed by atoms with Crippen LogP contribution in [0.1, 0.15) is 96.5 Å². The molecule has 1 aromatic rings. The van der Waals surface area contributed by atoms with E-state index in [1.54, 1.807) is 0 Å². The molecule has 0 spiro atoms. The third kappa shape index (κ3) is 11.3. The zero-order valence-electron chi connectivity index (χ0n) is 16.6.